The average Bonchev–Trinajstić information content (AvgIpc) is 2.87. The lowest BCUT2D eigenvalue weighted by Gasteiger charge is -2.08. The molecule has 2 rings (SSSR count). The van der Waals surface area contributed by atoms with Gasteiger partial charge in [0.05, 0.1) is 30.6 Å². The number of nitrogens with zero attached hydrogens (tertiary/aromatic N) is 3. The van der Waals surface area contributed by atoms with Gasteiger partial charge in [-0.25, -0.2) is 4.52 Å². The third kappa shape index (κ3) is 2.82. The van der Waals surface area contributed by atoms with Crippen molar-refractivity contribution >= 4 is 29.0 Å². The van der Waals surface area contributed by atoms with Gasteiger partial charge in [0.1, 0.15) is 5.38 Å². The van der Waals surface area contributed by atoms with Crippen molar-refractivity contribution in [1.29, 1.82) is 0 Å². The highest BCUT2D eigenvalue weighted by Crippen LogP contribution is 2.08. The number of aromatic nitrogens is 3. The van der Waals surface area contributed by atoms with Crippen molar-refractivity contribution in [3.63, 3.8) is 0 Å². The molecule has 100 valence electrons. The van der Waals surface area contributed by atoms with Gasteiger partial charge in [0, 0.05) is 18.9 Å². The van der Waals surface area contributed by atoms with E-state index in [0.717, 1.165) is 0 Å². The molecule has 0 aromatic carbocycles. The van der Waals surface area contributed by atoms with Gasteiger partial charge in [-0.3, -0.25) is 14.6 Å². The van der Waals surface area contributed by atoms with E-state index < -0.39 is 11.3 Å². The molecule has 0 bridgehead atoms. The molecule has 1 atom stereocenters. The Hall–Kier alpha value is -2.15. The number of amides is 1. The first-order chi connectivity index (χ1) is 9.13. The van der Waals surface area contributed by atoms with Crippen LogP contribution in [-0.4, -0.2) is 45.5 Å². The van der Waals surface area contributed by atoms with Gasteiger partial charge in [-0.2, -0.15) is 5.10 Å². The molecule has 0 aliphatic carbocycles. The number of carbonyl (C=O) groups is 2. The molecule has 19 heavy (non-hydrogen) atoms. The van der Waals surface area contributed by atoms with Gasteiger partial charge in [-0.05, 0) is 0 Å². The van der Waals surface area contributed by atoms with Crippen molar-refractivity contribution in [3.05, 3.63) is 30.4 Å². The summed E-state index contributed by atoms with van der Waals surface area (Å²) >= 11 is 5.73. The van der Waals surface area contributed by atoms with Gasteiger partial charge in [0.15, 0.2) is 0 Å². The maximum absolute atomic E-state index is 11.9. The van der Waals surface area contributed by atoms with Crippen LogP contribution in [0.25, 0.3) is 5.52 Å². The third-order valence-corrected chi connectivity index (χ3v) is 2.80. The predicted molar refractivity (Wildman–Crippen MR) is 67.0 cm³/mol. The molecule has 0 aliphatic rings. The number of methoxy groups -OCH3 is 1. The van der Waals surface area contributed by atoms with E-state index in [-0.39, 0.29) is 12.5 Å². The molecule has 0 spiro atoms. The maximum Gasteiger partial charge on any atom is 0.325 e. The van der Waals surface area contributed by atoms with Crippen LogP contribution in [0.3, 0.4) is 0 Å². The number of halogens is 1. The maximum atomic E-state index is 11.9. The van der Waals surface area contributed by atoms with E-state index in [0.29, 0.717) is 11.1 Å². The Morgan fingerprint density at radius 2 is 2.32 bits per heavy atom. The van der Waals surface area contributed by atoms with E-state index in [2.05, 4.69) is 20.1 Å². The summed E-state index contributed by atoms with van der Waals surface area (Å²) in [5.74, 6) is -0.971. The van der Waals surface area contributed by atoms with Crippen molar-refractivity contribution in [2.24, 2.45) is 0 Å². The van der Waals surface area contributed by atoms with Crippen LogP contribution in [0, 0.1) is 0 Å². The van der Waals surface area contributed by atoms with Crippen molar-refractivity contribution in [3.8, 4) is 0 Å². The van der Waals surface area contributed by atoms with Gasteiger partial charge in [-0.15, -0.1) is 11.6 Å². The van der Waals surface area contributed by atoms with Gasteiger partial charge >= 0.3 is 5.97 Å². The van der Waals surface area contributed by atoms with Crippen LogP contribution in [0.5, 0.6) is 0 Å². The van der Waals surface area contributed by atoms with E-state index >= 15 is 0 Å². The van der Waals surface area contributed by atoms with Crippen LogP contribution in [0.1, 0.15) is 10.4 Å². The quantitative estimate of drug-likeness (QED) is 0.641. The lowest BCUT2D eigenvalue weighted by molar-refractivity contribution is -0.140. The fourth-order valence-corrected chi connectivity index (χ4v) is 1.66. The lowest BCUT2D eigenvalue weighted by Crippen LogP contribution is -2.34. The van der Waals surface area contributed by atoms with Crippen LogP contribution < -0.4 is 5.32 Å². The molecule has 1 amide bonds. The molecular formula is C11H11ClN4O3. The molecule has 0 saturated carbocycles. The van der Waals surface area contributed by atoms with Gasteiger partial charge in [-0.1, -0.05) is 0 Å². The highest BCUT2D eigenvalue weighted by Gasteiger charge is 2.18. The lowest BCUT2D eigenvalue weighted by atomic mass is 10.2. The molecule has 2 aromatic rings. The molecular weight excluding hydrogens is 272 g/mol. The minimum Gasteiger partial charge on any atom is -0.468 e. The zero-order valence-corrected chi connectivity index (χ0v) is 10.8. The van der Waals surface area contributed by atoms with Crippen LogP contribution in [0.4, 0.5) is 0 Å². The first kappa shape index (κ1) is 13.3. The topological polar surface area (TPSA) is 85.6 Å². The Morgan fingerprint density at radius 3 is 3.05 bits per heavy atom. The summed E-state index contributed by atoms with van der Waals surface area (Å²) < 4.78 is 5.98. The monoisotopic (exact) mass is 282 g/mol. The summed E-state index contributed by atoms with van der Waals surface area (Å²) in [7, 11) is 1.23. The first-order valence-electron chi connectivity index (χ1n) is 5.41. The van der Waals surface area contributed by atoms with Crippen LogP contribution in [0.2, 0.25) is 0 Å². The molecule has 1 unspecified atom stereocenters. The standard InChI is InChI=1S/C11H11ClN4O3/c1-19-11(18)8(12)5-14-10(17)7-4-15-16-3-2-13-6-9(7)16/h2-4,6,8H,5H2,1H3,(H,14,17). The highest BCUT2D eigenvalue weighted by molar-refractivity contribution is 6.30. The van der Waals surface area contributed by atoms with Gasteiger partial charge in [0.25, 0.3) is 5.91 Å². The fraction of sp³-hybridized carbons (Fsp3) is 0.273. The third-order valence-electron chi connectivity index (χ3n) is 2.47. The van der Waals surface area contributed by atoms with Crippen LogP contribution in [-0.2, 0) is 9.53 Å². The zero-order valence-electron chi connectivity index (χ0n) is 10.0. The predicted octanol–water partition coefficient (Wildman–Crippen LogP) is 0.239. The van der Waals surface area contributed by atoms with E-state index in [1.807, 2.05) is 0 Å². The van der Waals surface area contributed by atoms with Crippen LogP contribution >= 0.6 is 11.6 Å². The number of fused-ring (bicyclic) bond motifs is 1. The van der Waals surface area contributed by atoms with Gasteiger partial charge < -0.3 is 10.1 Å². The van der Waals surface area contributed by atoms with Crippen molar-refractivity contribution in [1.82, 2.24) is 19.9 Å². The first-order valence-corrected chi connectivity index (χ1v) is 5.84. The number of esters is 1. The highest BCUT2D eigenvalue weighted by atomic mass is 35.5. The Balaban J connectivity index is 2.06. The number of hydrogen-bond donors (Lipinski definition) is 1. The second-order valence-corrected chi connectivity index (χ2v) is 4.19. The number of hydrogen-bond acceptors (Lipinski definition) is 5. The Labute approximate surface area is 113 Å². The van der Waals surface area contributed by atoms with E-state index in [4.69, 9.17) is 11.6 Å². The molecule has 0 radical (unpaired) electrons. The van der Waals surface area contributed by atoms with Crippen LogP contribution in [0.15, 0.2) is 24.8 Å². The second-order valence-electron chi connectivity index (χ2n) is 3.67. The van der Waals surface area contributed by atoms with E-state index in [1.54, 1.807) is 12.4 Å². The molecule has 0 aliphatic heterocycles. The number of ether oxygens (including phenoxy) is 1. The zero-order chi connectivity index (χ0) is 13.8. The summed E-state index contributed by atoms with van der Waals surface area (Å²) in [6.45, 7) is -0.0232. The van der Waals surface area contributed by atoms with E-state index in [9.17, 15) is 9.59 Å². The largest absolute Gasteiger partial charge is 0.468 e. The minimum atomic E-state index is -0.922. The number of carbonyl (C=O) groups excluding carboxylic acids is 2. The Morgan fingerprint density at radius 1 is 1.53 bits per heavy atom. The summed E-state index contributed by atoms with van der Waals surface area (Å²) in [4.78, 5) is 26.9. The molecule has 2 heterocycles. The molecule has 2 aromatic heterocycles. The SMILES string of the molecule is COC(=O)C(Cl)CNC(=O)c1cnn2ccncc12. The molecule has 8 heteroatoms. The Kier molecular flexibility index (Phi) is 3.96. The molecule has 1 N–H and O–H groups in total. The number of rotatable bonds is 4. The molecule has 0 saturated heterocycles. The summed E-state index contributed by atoms with van der Waals surface area (Å²) in [6.07, 6.45) is 6.15. The number of nitrogens with one attached hydrogen (secondary N) is 1. The number of alkyl halides is 1. The summed E-state index contributed by atoms with van der Waals surface area (Å²) in [6, 6.07) is 0. The second kappa shape index (κ2) is 5.66. The average molecular weight is 283 g/mol. The van der Waals surface area contributed by atoms with Crippen molar-refractivity contribution in [2.75, 3.05) is 13.7 Å². The van der Waals surface area contributed by atoms with E-state index in [1.165, 1.54) is 24.0 Å². The van der Waals surface area contributed by atoms with Crippen molar-refractivity contribution in [2.45, 2.75) is 5.38 Å². The Bertz CT molecular complexity index is 613. The summed E-state index contributed by atoms with van der Waals surface area (Å²) in [5.41, 5.74) is 0.936. The minimum absolute atomic E-state index is 0.0232. The van der Waals surface area contributed by atoms with Gasteiger partial charge in [0.2, 0.25) is 0 Å². The normalized spacial score (nSPS) is 12.1. The summed E-state index contributed by atoms with van der Waals surface area (Å²) in [5, 5.41) is 5.63. The molecule has 7 nitrogen and oxygen atoms in total. The van der Waals surface area contributed by atoms with Crippen molar-refractivity contribution < 1.29 is 14.3 Å². The smallest absolute Gasteiger partial charge is 0.325 e. The molecule has 0 fully saturated rings. The fourth-order valence-electron chi connectivity index (χ4n) is 1.50.